The lowest BCUT2D eigenvalue weighted by Crippen LogP contribution is -2.54. The molecule has 2 saturated heterocycles. The summed E-state index contributed by atoms with van der Waals surface area (Å²) in [5, 5.41) is 11.1. The first-order valence-corrected chi connectivity index (χ1v) is 21.7. The number of halogens is 2. The highest BCUT2D eigenvalue weighted by atomic mass is 79.9. The zero-order chi connectivity index (χ0) is 45.5. The topological polar surface area (TPSA) is 180 Å². The van der Waals surface area contributed by atoms with Gasteiger partial charge < -0.3 is 45.1 Å². The smallest absolute Gasteiger partial charge is 0.407 e. The van der Waals surface area contributed by atoms with E-state index < -0.39 is 42.2 Å². The Kier molecular flexibility index (Phi) is 14.9. The molecular weight excluding hydrogens is 877 g/mol. The first kappa shape index (κ1) is 46.3. The fraction of sp³-hybridized carbons (Fsp3) is 0.391. The van der Waals surface area contributed by atoms with Crippen molar-refractivity contribution < 1.29 is 42.6 Å². The average molecular weight is 931 g/mol. The highest BCUT2D eigenvalue weighted by molar-refractivity contribution is 9.10. The van der Waals surface area contributed by atoms with Crippen LogP contribution in [0.2, 0.25) is 0 Å². The molecule has 3 heterocycles. The molecule has 4 N–H and O–H groups in total. The molecule has 15 nitrogen and oxygen atoms in total. The maximum absolute atomic E-state index is 14.2. The second kappa shape index (κ2) is 20.3. The van der Waals surface area contributed by atoms with Gasteiger partial charge >= 0.3 is 12.2 Å². The van der Waals surface area contributed by atoms with Gasteiger partial charge in [-0.2, -0.15) is 0 Å². The van der Waals surface area contributed by atoms with Crippen molar-refractivity contribution in [2.45, 2.75) is 77.5 Å². The highest BCUT2D eigenvalue weighted by Crippen LogP contribution is 2.40. The first-order valence-electron chi connectivity index (χ1n) is 20.9. The molecule has 2 aliphatic heterocycles. The maximum Gasteiger partial charge on any atom is 0.407 e. The number of rotatable bonds is 13. The zero-order valence-corrected chi connectivity index (χ0v) is 37.7. The third kappa shape index (κ3) is 10.5. The van der Waals surface area contributed by atoms with Crippen LogP contribution in [0.5, 0.6) is 0 Å². The number of alkyl carbamates (subject to hydrolysis) is 2. The van der Waals surface area contributed by atoms with Gasteiger partial charge in [0.05, 0.1) is 25.6 Å². The van der Waals surface area contributed by atoms with E-state index in [-0.39, 0.29) is 35.5 Å². The van der Waals surface area contributed by atoms with E-state index in [9.17, 15) is 33.2 Å². The summed E-state index contributed by atoms with van der Waals surface area (Å²) in [4.78, 5) is 81.2. The Labute approximate surface area is 374 Å². The fourth-order valence-corrected chi connectivity index (χ4v) is 8.69. The number of hydrogen-bond acceptors (Lipinski definition) is 8. The summed E-state index contributed by atoms with van der Waals surface area (Å²) in [5.41, 5.74) is 4.81. The molecule has 17 heteroatoms. The summed E-state index contributed by atoms with van der Waals surface area (Å²) in [5.74, 6) is -2.22. The Morgan fingerprint density at radius 3 is 1.49 bits per heavy atom. The van der Waals surface area contributed by atoms with Crippen LogP contribution < -0.4 is 21.3 Å². The molecule has 1 aromatic heterocycles. The van der Waals surface area contributed by atoms with Crippen molar-refractivity contribution in [1.82, 2.24) is 25.0 Å². The predicted molar refractivity (Wildman–Crippen MR) is 239 cm³/mol. The van der Waals surface area contributed by atoms with Gasteiger partial charge in [0.2, 0.25) is 23.6 Å². The number of likely N-dealkylation sites (tertiary alicyclic amines) is 2. The number of anilines is 2. The van der Waals surface area contributed by atoms with Crippen molar-refractivity contribution in [2.24, 2.45) is 11.8 Å². The van der Waals surface area contributed by atoms with Gasteiger partial charge in [-0.25, -0.2) is 14.0 Å². The maximum atomic E-state index is 14.2. The Hall–Kier alpha value is -6.23. The number of carbonyl (C=O) groups is 6. The van der Waals surface area contributed by atoms with Crippen LogP contribution in [0.25, 0.3) is 28.2 Å². The van der Waals surface area contributed by atoms with Crippen LogP contribution in [0.15, 0.2) is 83.3 Å². The van der Waals surface area contributed by atoms with Crippen molar-refractivity contribution in [3.05, 3.63) is 89.2 Å². The van der Waals surface area contributed by atoms with Crippen LogP contribution in [0.3, 0.4) is 0 Å². The van der Waals surface area contributed by atoms with Crippen molar-refractivity contribution in [1.29, 1.82) is 0 Å². The molecule has 6 amide bonds. The lowest BCUT2D eigenvalue weighted by atomic mass is 10.0. The molecule has 0 radical (unpaired) electrons. The minimum Gasteiger partial charge on any atom is -0.453 e. The number of amides is 6. The molecule has 4 atom stereocenters. The van der Waals surface area contributed by atoms with Crippen molar-refractivity contribution in [2.75, 3.05) is 37.9 Å². The highest BCUT2D eigenvalue weighted by Gasteiger charge is 2.40. The van der Waals surface area contributed by atoms with E-state index in [1.165, 1.54) is 36.2 Å². The van der Waals surface area contributed by atoms with Crippen molar-refractivity contribution >= 4 is 63.1 Å². The van der Waals surface area contributed by atoms with Crippen molar-refractivity contribution in [3.63, 3.8) is 0 Å². The quantitative estimate of drug-likeness (QED) is 0.108. The zero-order valence-electron chi connectivity index (χ0n) is 36.1. The Morgan fingerprint density at radius 1 is 0.651 bits per heavy atom. The number of ether oxygens (including phenoxy) is 2. The molecule has 334 valence electrons. The molecular formula is C46H53BrFN7O8. The average Bonchev–Trinajstić information content (AvgIpc) is 4.04. The van der Waals surface area contributed by atoms with Gasteiger partial charge in [0, 0.05) is 34.6 Å². The molecule has 3 aromatic carbocycles. The molecule has 63 heavy (non-hydrogen) atoms. The van der Waals surface area contributed by atoms with E-state index >= 15 is 0 Å². The summed E-state index contributed by atoms with van der Waals surface area (Å²) in [6.07, 6.45) is 0.790. The fourth-order valence-electron chi connectivity index (χ4n) is 8.07. The van der Waals surface area contributed by atoms with Gasteiger partial charge in [-0.15, -0.1) is 0 Å². The molecule has 4 aromatic rings. The summed E-state index contributed by atoms with van der Waals surface area (Å²) in [7, 11) is 2.46. The minimum absolute atomic E-state index is 0.230. The van der Waals surface area contributed by atoms with Crippen LogP contribution in [0, 0.1) is 17.7 Å². The molecule has 0 bridgehead atoms. The van der Waals surface area contributed by atoms with E-state index in [0.717, 1.165) is 27.0 Å². The Bertz CT molecular complexity index is 2320. The number of nitrogens with one attached hydrogen (secondary N) is 4. The summed E-state index contributed by atoms with van der Waals surface area (Å²) < 4.78 is 26.4. The second-order valence-corrected chi connectivity index (χ2v) is 17.1. The monoisotopic (exact) mass is 929 g/mol. The molecule has 4 unspecified atom stereocenters. The van der Waals surface area contributed by atoms with E-state index in [4.69, 9.17) is 9.47 Å². The Balaban J connectivity index is 1.20. The van der Waals surface area contributed by atoms with Gasteiger partial charge in [-0.1, -0.05) is 52.0 Å². The van der Waals surface area contributed by atoms with Crippen LogP contribution in [0.4, 0.5) is 25.4 Å². The van der Waals surface area contributed by atoms with Gasteiger partial charge in [0.1, 0.15) is 30.0 Å². The lowest BCUT2D eigenvalue weighted by Gasteiger charge is -2.30. The number of nitrogens with zero attached hydrogens (tertiary/aromatic N) is 3. The lowest BCUT2D eigenvalue weighted by molar-refractivity contribution is -0.139. The van der Waals surface area contributed by atoms with E-state index in [0.29, 0.717) is 55.8 Å². The summed E-state index contributed by atoms with van der Waals surface area (Å²) >= 11 is 3.76. The first-order chi connectivity index (χ1) is 30.1. The molecule has 0 saturated carbocycles. The second-order valence-electron chi connectivity index (χ2n) is 16.3. The number of benzene rings is 3. The van der Waals surface area contributed by atoms with Crippen LogP contribution in [0.1, 0.15) is 53.4 Å². The number of hydrogen-bond donors (Lipinski definition) is 4. The third-order valence-electron chi connectivity index (χ3n) is 11.4. The normalized spacial score (nSPS) is 17.0. The molecule has 2 aliphatic rings. The van der Waals surface area contributed by atoms with Crippen LogP contribution in [-0.2, 0) is 28.7 Å². The summed E-state index contributed by atoms with van der Waals surface area (Å²) in [6, 6.07) is 19.5. The molecule has 2 fully saturated rings. The number of carbonyl (C=O) groups excluding carboxylic acids is 6. The standard InChI is InChI=1S/C46H53BrFN7O8/c1-26(2)38(51-45(60)62-5)43(58)53-23-7-9-35(53)41(56)49-31-17-11-28(12-18-31)37-25-34(47)40(55(37)33-21-15-30(48)16-22-33)29-13-19-32(20-14-29)50-42(57)36-10-8-24-54(36)44(59)39(27(3)4)52-46(61)63-6/h11-22,25-27,35-36,38-39H,7-10,23-24H2,1-6H3,(H,49,56)(H,50,57)(H,51,60)(H,52,61). The molecule has 0 aliphatic carbocycles. The number of methoxy groups -OCH3 is 2. The number of aromatic nitrogens is 1. The SMILES string of the molecule is COC(=O)NC(C(=O)N1CCCC1C(=O)Nc1ccc(-c2cc(Br)c(-c3ccc(NC(=O)C4CCCN4C(=O)C(NC(=O)OC)C(C)C)cc3)n2-c2ccc(F)cc2)cc1)C(C)C. The van der Waals surface area contributed by atoms with E-state index in [1.54, 1.807) is 36.4 Å². The minimum atomic E-state index is -0.848. The molecule has 6 rings (SSSR count). The predicted octanol–water partition coefficient (Wildman–Crippen LogP) is 7.33. The van der Waals surface area contributed by atoms with Gasteiger partial charge in [-0.05, 0) is 119 Å². The molecule has 0 spiro atoms. The third-order valence-corrected chi connectivity index (χ3v) is 12.0. The Morgan fingerprint density at radius 2 is 1.08 bits per heavy atom. The summed E-state index contributed by atoms with van der Waals surface area (Å²) in [6.45, 7) is 8.02. The van der Waals surface area contributed by atoms with Crippen molar-refractivity contribution in [3.8, 4) is 28.2 Å². The van der Waals surface area contributed by atoms with E-state index in [2.05, 4.69) is 37.2 Å². The van der Waals surface area contributed by atoms with Crippen LogP contribution >= 0.6 is 15.9 Å². The van der Waals surface area contributed by atoms with Gasteiger partial charge in [0.25, 0.3) is 0 Å². The van der Waals surface area contributed by atoms with Gasteiger partial charge in [0.15, 0.2) is 0 Å². The van der Waals surface area contributed by atoms with Gasteiger partial charge in [-0.3, -0.25) is 19.2 Å². The van der Waals surface area contributed by atoms with Crippen LogP contribution in [-0.4, -0.2) is 102 Å². The van der Waals surface area contributed by atoms with E-state index in [1.807, 2.05) is 62.6 Å². The largest absolute Gasteiger partial charge is 0.453 e.